The summed E-state index contributed by atoms with van der Waals surface area (Å²) in [6.45, 7) is 2.49. The van der Waals surface area contributed by atoms with Crippen molar-refractivity contribution in [3.05, 3.63) is 47.8 Å². The number of hydrogen-bond donors (Lipinski definition) is 1. The molecule has 0 spiro atoms. The van der Waals surface area contributed by atoms with E-state index in [2.05, 4.69) is 20.0 Å². The Morgan fingerprint density at radius 3 is 2.72 bits per heavy atom. The first-order valence-electron chi connectivity index (χ1n) is 7.51. The number of carbonyl (C=O) groups excluding carboxylic acids is 2. The molecule has 128 valence electrons. The van der Waals surface area contributed by atoms with E-state index in [1.165, 1.54) is 30.6 Å². The minimum atomic E-state index is -0.599. The van der Waals surface area contributed by atoms with Crippen LogP contribution in [-0.4, -0.2) is 35.6 Å². The molecule has 0 aliphatic rings. The molecule has 0 radical (unpaired) electrons. The van der Waals surface area contributed by atoms with Gasteiger partial charge in [0.25, 0.3) is 5.91 Å². The lowest BCUT2D eigenvalue weighted by molar-refractivity contribution is 0.0594. The maximum Gasteiger partial charge on any atom is 0.356 e. The van der Waals surface area contributed by atoms with Crippen LogP contribution in [0.3, 0.4) is 0 Å². The van der Waals surface area contributed by atoms with Gasteiger partial charge in [-0.15, -0.1) is 0 Å². The average Bonchev–Trinajstić information content (AvgIpc) is 3.03. The van der Waals surface area contributed by atoms with Gasteiger partial charge in [0.05, 0.1) is 23.9 Å². The molecule has 0 saturated carbocycles. The molecule has 0 saturated heterocycles. The fourth-order valence-corrected chi connectivity index (χ4v) is 3.04. The lowest BCUT2D eigenvalue weighted by Crippen LogP contribution is -2.15. The van der Waals surface area contributed by atoms with E-state index in [-0.39, 0.29) is 11.4 Å². The molecular formula is C17H15N3O4S. The molecular weight excluding hydrogens is 342 g/mol. The Balaban J connectivity index is 1.81. The zero-order chi connectivity index (χ0) is 17.8. The second kappa shape index (κ2) is 7.27. The Hall–Kier alpha value is -3.00. The summed E-state index contributed by atoms with van der Waals surface area (Å²) in [6.07, 6.45) is 0. The quantitative estimate of drug-likeness (QED) is 0.706. The smallest absolute Gasteiger partial charge is 0.356 e. The molecule has 1 N–H and O–H groups in total. The number of fused-ring (bicyclic) bond motifs is 1. The number of hydrogen-bond acceptors (Lipinski definition) is 7. The number of methoxy groups -OCH3 is 1. The van der Waals surface area contributed by atoms with Crippen LogP contribution in [0.5, 0.6) is 5.75 Å². The van der Waals surface area contributed by atoms with Crippen LogP contribution in [0, 0.1) is 0 Å². The van der Waals surface area contributed by atoms with Crippen LogP contribution < -0.4 is 10.1 Å². The Morgan fingerprint density at radius 2 is 1.96 bits per heavy atom. The number of rotatable bonds is 5. The highest BCUT2D eigenvalue weighted by Crippen LogP contribution is 2.29. The highest BCUT2D eigenvalue weighted by atomic mass is 32.1. The van der Waals surface area contributed by atoms with Gasteiger partial charge in [-0.1, -0.05) is 17.4 Å². The fraction of sp³-hybridized carbons (Fsp3) is 0.176. The monoisotopic (exact) mass is 357 g/mol. The minimum Gasteiger partial charge on any atom is -0.494 e. The Bertz CT molecular complexity index is 939. The second-order valence-corrected chi connectivity index (χ2v) is 5.97. The van der Waals surface area contributed by atoms with Crippen molar-refractivity contribution in [2.75, 3.05) is 19.0 Å². The van der Waals surface area contributed by atoms with E-state index in [1.807, 2.05) is 25.1 Å². The number of carbonyl (C=O) groups is 2. The molecule has 1 aromatic carbocycles. The SMILES string of the molecule is CCOc1ccc2nc(NC(=O)c3cccc(C(=O)OC)n3)sc2c1. The predicted molar refractivity (Wildman–Crippen MR) is 94.3 cm³/mol. The van der Waals surface area contributed by atoms with Crippen LogP contribution in [0.2, 0.25) is 0 Å². The molecule has 0 aliphatic carbocycles. The predicted octanol–water partition coefficient (Wildman–Crippen LogP) is 3.13. The van der Waals surface area contributed by atoms with Crippen molar-refractivity contribution in [3.8, 4) is 5.75 Å². The van der Waals surface area contributed by atoms with Crippen LogP contribution in [0.1, 0.15) is 27.9 Å². The molecule has 0 fully saturated rings. The number of ether oxygens (including phenoxy) is 2. The molecule has 2 aromatic heterocycles. The second-order valence-electron chi connectivity index (χ2n) is 4.94. The molecule has 3 aromatic rings. The van der Waals surface area contributed by atoms with Crippen LogP contribution in [0.15, 0.2) is 36.4 Å². The van der Waals surface area contributed by atoms with Crippen molar-refractivity contribution in [1.29, 1.82) is 0 Å². The van der Waals surface area contributed by atoms with E-state index in [9.17, 15) is 9.59 Å². The number of anilines is 1. The van der Waals surface area contributed by atoms with Crippen molar-refractivity contribution < 1.29 is 19.1 Å². The number of esters is 1. The first-order valence-corrected chi connectivity index (χ1v) is 8.32. The van der Waals surface area contributed by atoms with Crippen molar-refractivity contribution in [2.45, 2.75) is 6.92 Å². The summed E-state index contributed by atoms with van der Waals surface area (Å²) >= 11 is 1.33. The van der Waals surface area contributed by atoms with Gasteiger partial charge in [-0.3, -0.25) is 10.1 Å². The Morgan fingerprint density at radius 1 is 1.16 bits per heavy atom. The Kier molecular flexibility index (Phi) is 4.90. The van der Waals surface area contributed by atoms with Crippen molar-refractivity contribution in [2.24, 2.45) is 0 Å². The summed E-state index contributed by atoms with van der Waals surface area (Å²) in [7, 11) is 1.26. The standard InChI is InChI=1S/C17H15N3O4S/c1-3-24-10-7-8-11-14(9-10)25-17(19-11)20-15(21)12-5-4-6-13(18-12)16(22)23-2/h4-9H,3H2,1-2H3,(H,19,20,21). The summed E-state index contributed by atoms with van der Waals surface area (Å²) in [5.74, 6) is -0.295. The first-order chi connectivity index (χ1) is 12.1. The molecule has 3 rings (SSSR count). The van der Waals surface area contributed by atoms with E-state index >= 15 is 0 Å². The molecule has 7 nitrogen and oxygen atoms in total. The van der Waals surface area contributed by atoms with Crippen molar-refractivity contribution >= 4 is 38.6 Å². The van der Waals surface area contributed by atoms with Gasteiger partial charge in [0.15, 0.2) is 5.13 Å². The third-order valence-corrected chi connectivity index (χ3v) is 4.20. The van der Waals surface area contributed by atoms with Gasteiger partial charge < -0.3 is 9.47 Å². The third kappa shape index (κ3) is 3.74. The fourth-order valence-electron chi connectivity index (χ4n) is 2.16. The number of nitrogens with one attached hydrogen (secondary N) is 1. The van der Waals surface area contributed by atoms with Gasteiger partial charge in [0.1, 0.15) is 17.1 Å². The summed E-state index contributed by atoms with van der Waals surface area (Å²) in [5.41, 5.74) is 0.943. The van der Waals surface area contributed by atoms with E-state index in [0.717, 1.165) is 16.0 Å². The molecule has 0 atom stereocenters. The number of pyridine rings is 1. The van der Waals surface area contributed by atoms with E-state index < -0.39 is 11.9 Å². The summed E-state index contributed by atoms with van der Waals surface area (Å²) in [5, 5.41) is 3.14. The highest BCUT2D eigenvalue weighted by molar-refractivity contribution is 7.22. The zero-order valence-corrected chi connectivity index (χ0v) is 14.4. The summed E-state index contributed by atoms with van der Waals surface area (Å²) in [4.78, 5) is 32.2. The topological polar surface area (TPSA) is 90.4 Å². The number of benzene rings is 1. The van der Waals surface area contributed by atoms with Gasteiger partial charge in [-0.05, 0) is 37.3 Å². The number of thiazole rings is 1. The van der Waals surface area contributed by atoms with E-state index in [0.29, 0.717) is 11.7 Å². The van der Waals surface area contributed by atoms with Gasteiger partial charge in [0, 0.05) is 0 Å². The van der Waals surface area contributed by atoms with Crippen molar-refractivity contribution in [3.63, 3.8) is 0 Å². The Labute approximate surface area is 147 Å². The lowest BCUT2D eigenvalue weighted by atomic mass is 10.3. The maximum atomic E-state index is 12.3. The third-order valence-electron chi connectivity index (χ3n) is 3.27. The highest BCUT2D eigenvalue weighted by Gasteiger charge is 2.14. The van der Waals surface area contributed by atoms with Crippen LogP contribution >= 0.6 is 11.3 Å². The average molecular weight is 357 g/mol. The minimum absolute atomic E-state index is 0.0702. The lowest BCUT2D eigenvalue weighted by Gasteiger charge is -2.03. The zero-order valence-electron chi connectivity index (χ0n) is 13.6. The molecule has 0 bridgehead atoms. The normalized spacial score (nSPS) is 10.5. The summed E-state index contributed by atoms with van der Waals surface area (Å²) < 4.78 is 11.0. The van der Waals surface area contributed by atoms with Gasteiger partial charge in [0.2, 0.25) is 0 Å². The molecule has 0 unspecified atom stereocenters. The van der Waals surface area contributed by atoms with Gasteiger partial charge in [-0.25, -0.2) is 14.8 Å². The van der Waals surface area contributed by atoms with Crippen molar-refractivity contribution in [1.82, 2.24) is 9.97 Å². The van der Waals surface area contributed by atoms with Gasteiger partial charge >= 0.3 is 5.97 Å². The molecule has 1 amide bonds. The van der Waals surface area contributed by atoms with Crippen LogP contribution in [-0.2, 0) is 4.74 Å². The van der Waals surface area contributed by atoms with Gasteiger partial charge in [-0.2, -0.15) is 0 Å². The number of amides is 1. The molecule has 2 heterocycles. The number of aromatic nitrogens is 2. The maximum absolute atomic E-state index is 12.3. The van der Waals surface area contributed by atoms with E-state index in [4.69, 9.17) is 4.74 Å². The molecule has 0 aliphatic heterocycles. The van der Waals surface area contributed by atoms with Crippen LogP contribution in [0.4, 0.5) is 5.13 Å². The molecule has 25 heavy (non-hydrogen) atoms. The van der Waals surface area contributed by atoms with E-state index in [1.54, 1.807) is 6.07 Å². The van der Waals surface area contributed by atoms with Crippen LogP contribution in [0.25, 0.3) is 10.2 Å². The first kappa shape index (κ1) is 16.8. The largest absolute Gasteiger partial charge is 0.494 e. The summed E-state index contributed by atoms with van der Waals surface area (Å²) in [6, 6.07) is 10.1. The molecule has 8 heteroatoms. The number of nitrogens with zero attached hydrogens (tertiary/aromatic N) is 2.